The lowest BCUT2D eigenvalue weighted by molar-refractivity contribution is 1.14. The fourth-order valence-corrected chi connectivity index (χ4v) is 7.24. The Morgan fingerprint density at radius 3 is 1.47 bits per heavy atom. The average molecular weight is 769 g/mol. The van der Waals surface area contributed by atoms with Gasteiger partial charge in [-0.1, -0.05) is 213 Å². The summed E-state index contributed by atoms with van der Waals surface area (Å²) >= 11 is 0. The minimum Gasteiger partial charge on any atom is -0.229 e. The van der Waals surface area contributed by atoms with Crippen LogP contribution in [-0.4, -0.2) is 9.97 Å². The zero-order valence-corrected chi connectivity index (χ0v) is 33.4. The van der Waals surface area contributed by atoms with Crippen LogP contribution in [0.1, 0.15) is 17.0 Å². The van der Waals surface area contributed by atoms with Crippen LogP contribution in [0.5, 0.6) is 0 Å². The highest BCUT2D eigenvalue weighted by Crippen LogP contribution is 2.33. The molecule has 0 aliphatic rings. The molecule has 2 nitrogen and oxygen atoms in total. The first-order valence-corrected chi connectivity index (χ1v) is 20.1. The first kappa shape index (κ1) is 38.9. The molecule has 1 aromatic heterocycles. The van der Waals surface area contributed by atoms with Gasteiger partial charge in [0.2, 0.25) is 0 Å². The molecule has 0 fully saturated rings. The van der Waals surface area contributed by atoms with Gasteiger partial charge in [0.05, 0.1) is 11.4 Å². The van der Waals surface area contributed by atoms with Crippen LogP contribution in [0.25, 0.3) is 84.7 Å². The van der Waals surface area contributed by atoms with Crippen molar-refractivity contribution in [3.8, 4) is 67.0 Å². The molecule has 0 saturated heterocycles. The molecule has 0 bridgehead atoms. The average Bonchev–Trinajstić information content (AvgIpc) is 3.32. The highest BCUT2D eigenvalue weighted by molar-refractivity contribution is 5.83. The quantitative estimate of drug-likeness (QED) is 0.109. The smallest absolute Gasteiger partial charge is 0.153 e. The van der Waals surface area contributed by atoms with Gasteiger partial charge >= 0.3 is 0 Å². The Morgan fingerprint density at radius 1 is 0.367 bits per heavy atom. The van der Waals surface area contributed by atoms with E-state index in [1.54, 1.807) is 6.08 Å². The molecule has 0 aliphatic carbocycles. The molecule has 0 spiro atoms. The predicted octanol–water partition coefficient (Wildman–Crippen LogP) is 15.5. The third-order valence-electron chi connectivity index (χ3n) is 10.2. The Hall–Kier alpha value is -7.94. The van der Waals surface area contributed by atoms with Gasteiger partial charge in [0.15, 0.2) is 5.82 Å². The third kappa shape index (κ3) is 9.59. The molecule has 8 rings (SSSR count). The molecule has 0 atom stereocenters. The molecular weight excluding hydrogens is 725 g/mol. The summed E-state index contributed by atoms with van der Waals surface area (Å²) in [6, 6.07) is 66.1. The van der Waals surface area contributed by atoms with Crippen LogP contribution in [0, 0.1) is 0 Å². The molecule has 0 aliphatic heterocycles. The lowest BCUT2D eigenvalue weighted by Crippen LogP contribution is -1.95. The molecule has 0 radical (unpaired) electrons. The maximum Gasteiger partial charge on any atom is 0.153 e. The van der Waals surface area contributed by atoms with E-state index in [0.717, 1.165) is 72.6 Å². The van der Waals surface area contributed by atoms with E-state index < -0.39 is 0 Å². The van der Waals surface area contributed by atoms with Gasteiger partial charge in [-0.05, 0) is 104 Å². The van der Waals surface area contributed by atoms with Crippen molar-refractivity contribution < 1.29 is 0 Å². The summed E-state index contributed by atoms with van der Waals surface area (Å²) < 4.78 is 0. The molecule has 60 heavy (non-hydrogen) atoms. The van der Waals surface area contributed by atoms with E-state index in [1.807, 2.05) is 60.7 Å². The summed E-state index contributed by atoms with van der Waals surface area (Å²) in [5.41, 5.74) is 16.2. The first-order chi connectivity index (χ1) is 29.6. The van der Waals surface area contributed by atoms with Gasteiger partial charge in [-0.25, -0.2) is 9.97 Å². The number of aromatic nitrogens is 2. The number of rotatable bonds is 13. The lowest BCUT2D eigenvalue weighted by atomic mass is 9.96. The second-order valence-corrected chi connectivity index (χ2v) is 14.3. The van der Waals surface area contributed by atoms with Crippen LogP contribution in [-0.2, 0) is 0 Å². The number of hydrogen-bond donors (Lipinski definition) is 0. The van der Waals surface area contributed by atoms with Crippen LogP contribution >= 0.6 is 0 Å². The Balaban J connectivity index is 1.11. The summed E-state index contributed by atoms with van der Waals surface area (Å²) in [4.78, 5) is 10.2. The van der Waals surface area contributed by atoms with Gasteiger partial charge in [-0.15, -0.1) is 0 Å². The Kier molecular flexibility index (Phi) is 12.3. The number of nitrogens with zero attached hydrogens (tertiary/aromatic N) is 2. The topological polar surface area (TPSA) is 25.8 Å². The van der Waals surface area contributed by atoms with E-state index in [2.05, 4.69) is 189 Å². The van der Waals surface area contributed by atoms with Crippen molar-refractivity contribution in [1.29, 1.82) is 0 Å². The number of allylic oxidation sites excluding steroid dienone is 8. The van der Waals surface area contributed by atoms with E-state index in [0.29, 0.717) is 5.82 Å². The van der Waals surface area contributed by atoms with Crippen LogP contribution in [0.2, 0.25) is 0 Å². The Labute approximate surface area is 354 Å². The van der Waals surface area contributed by atoms with Gasteiger partial charge in [-0.3, -0.25) is 0 Å². The monoisotopic (exact) mass is 768 g/mol. The second kappa shape index (κ2) is 19.0. The molecule has 7 aromatic carbocycles. The maximum atomic E-state index is 5.14. The summed E-state index contributed by atoms with van der Waals surface area (Å²) in [6.07, 6.45) is 17.8. The van der Waals surface area contributed by atoms with Crippen molar-refractivity contribution in [2.24, 2.45) is 0 Å². The van der Waals surface area contributed by atoms with Crippen molar-refractivity contribution in [3.63, 3.8) is 0 Å². The van der Waals surface area contributed by atoms with Crippen molar-refractivity contribution >= 4 is 17.7 Å². The fraction of sp³-hybridized carbons (Fsp3) is 0. The van der Waals surface area contributed by atoms with Crippen molar-refractivity contribution in [1.82, 2.24) is 9.97 Å². The number of benzene rings is 7. The Morgan fingerprint density at radius 2 is 0.850 bits per heavy atom. The van der Waals surface area contributed by atoms with E-state index in [1.165, 1.54) is 11.1 Å². The molecule has 0 N–H and O–H groups in total. The first-order valence-electron chi connectivity index (χ1n) is 20.1. The van der Waals surface area contributed by atoms with E-state index in [4.69, 9.17) is 9.97 Å². The SMILES string of the molecule is C=C/C=C\C=C\c1cccc(-c2cccc(-c3cccc(-c4cc(-c5ccccc5)nc(/C=C/C(=C\C=C)c5cccc(-c6cccc(-c7ccccc7)c6)c5)n4)c3)c2)c1. The van der Waals surface area contributed by atoms with Crippen LogP contribution in [0.15, 0.2) is 244 Å². The fourth-order valence-electron chi connectivity index (χ4n) is 7.24. The van der Waals surface area contributed by atoms with Crippen molar-refractivity contribution in [2.75, 3.05) is 0 Å². The summed E-state index contributed by atoms with van der Waals surface area (Å²) in [5.74, 6) is 0.620. The minimum atomic E-state index is 0.620. The van der Waals surface area contributed by atoms with Crippen molar-refractivity contribution in [3.05, 3.63) is 261 Å². The highest BCUT2D eigenvalue weighted by Gasteiger charge is 2.11. The summed E-state index contributed by atoms with van der Waals surface area (Å²) in [7, 11) is 0. The van der Waals surface area contributed by atoms with Crippen LogP contribution in [0.3, 0.4) is 0 Å². The molecule has 286 valence electrons. The van der Waals surface area contributed by atoms with E-state index in [9.17, 15) is 0 Å². The standard InChI is InChI=1S/C58H44N2/c1-3-5-6-9-20-43-21-14-26-47(37-43)50-29-17-32-53(40-50)54-33-18-34-55(41-54)57-42-56(46-24-12-8-13-25-46)59-58(60-57)36-35-44(19-4-2)48-27-15-30-51(38-48)52-31-16-28-49(39-52)45-22-10-7-11-23-45/h3-42H,1-2H2/b6-5-,20-9+,36-35+,44-19+. The minimum absolute atomic E-state index is 0.620. The number of hydrogen-bond acceptors (Lipinski definition) is 2. The molecule has 8 aromatic rings. The lowest BCUT2D eigenvalue weighted by Gasteiger charge is -2.11. The normalized spacial score (nSPS) is 11.7. The van der Waals surface area contributed by atoms with E-state index in [-0.39, 0.29) is 0 Å². The van der Waals surface area contributed by atoms with Crippen LogP contribution in [0.4, 0.5) is 0 Å². The predicted molar refractivity (Wildman–Crippen MR) is 257 cm³/mol. The molecule has 0 unspecified atom stereocenters. The van der Waals surface area contributed by atoms with Gasteiger partial charge in [-0.2, -0.15) is 0 Å². The Bertz CT molecular complexity index is 2890. The maximum absolute atomic E-state index is 5.14. The molecule has 0 amide bonds. The third-order valence-corrected chi connectivity index (χ3v) is 10.2. The van der Waals surface area contributed by atoms with Gasteiger partial charge < -0.3 is 0 Å². The summed E-state index contributed by atoms with van der Waals surface area (Å²) in [5, 5.41) is 0. The summed E-state index contributed by atoms with van der Waals surface area (Å²) in [6.45, 7) is 7.79. The van der Waals surface area contributed by atoms with Gasteiger partial charge in [0, 0.05) is 11.1 Å². The zero-order chi connectivity index (χ0) is 40.9. The molecular formula is C58H44N2. The largest absolute Gasteiger partial charge is 0.229 e. The molecule has 1 heterocycles. The van der Waals surface area contributed by atoms with E-state index >= 15 is 0 Å². The van der Waals surface area contributed by atoms with Gasteiger partial charge in [0.1, 0.15) is 0 Å². The molecule has 2 heteroatoms. The van der Waals surface area contributed by atoms with Crippen molar-refractivity contribution in [2.45, 2.75) is 0 Å². The zero-order valence-electron chi connectivity index (χ0n) is 33.4. The second-order valence-electron chi connectivity index (χ2n) is 14.3. The van der Waals surface area contributed by atoms with Gasteiger partial charge in [0.25, 0.3) is 0 Å². The van der Waals surface area contributed by atoms with Crippen LogP contribution < -0.4 is 0 Å². The molecule has 0 saturated carbocycles. The highest BCUT2D eigenvalue weighted by atomic mass is 14.9.